The number of nitrogens with one attached hydrogen (secondary N) is 1. The monoisotopic (exact) mass is 366 g/mol. The number of amides is 2. The van der Waals surface area contributed by atoms with Crippen LogP contribution >= 0.6 is 0 Å². The van der Waals surface area contributed by atoms with Crippen LogP contribution in [0.25, 0.3) is 0 Å². The molecule has 0 spiro atoms. The number of nitrogens with zero attached hydrogens (tertiary/aromatic N) is 1. The van der Waals surface area contributed by atoms with Crippen LogP contribution in [0.3, 0.4) is 0 Å². The molecule has 0 bridgehead atoms. The van der Waals surface area contributed by atoms with Gasteiger partial charge in [-0.15, -0.1) is 0 Å². The van der Waals surface area contributed by atoms with Crippen LogP contribution in [0.5, 0.6) is 0 Å². The molecule has 27 heavy (non-hydrogen) atoms. The summed E-state index contributed by atoms with van der Waals surface area (Å²) in [5.74, 6) is 0.182. The molecule has 0 fully saturated rings. The maximum atomic E-state index is 12.6. The predicted molar refractivity (Wildman–Crippen MR) is 112 cm³/mol. The van der Waals surface area contributed by atoms with Crippen molar-refractivity contribution >= 4 is 23.2 Å². The molecule has 0 atom stereocenters. The number of aryl methyl sites for hydroxylation is 3. The van der Waals surface area contributed by atoms with E-state index in [0.29, 0.717) is 12.5 Å². The Kier molecular flexibility index (Phi) is 6.78. The van der Waals surface area contributed by atoms with Crippen LogP contribution in [0.4, 0.5) is 11.4 Å². The summed E-state index contributed by atoms with van der Waals surface area (Å²) < 4.78 is 0. The fourth-order valence-electron chi connectivity index (χ4n) is 3.22. The Morgan fingerprint density at radius 2 is 1.74 bits per heavy atom. The average Bonchev–Trinajstić information content (AvgIpc) is 2.59. The van der Waals surface area contributed by atoms with Gasteiger partial charge in [-0.3, -0.25) is 9.59 Å². The summed E-state index contributed by atoms with van der Waals surface area (Å²) in [6.45, 7) is 12.1. The number of hydrogen-bond donors (Lipinski definition) is 1. The van der Waals surface area contributed by atoms with Gasteiger partial charge in [-0.05, 0) is 55.0 Å². The fraction of sp³-hybridized carbons (Fsp3) is 0.391. The molecule has 2 aromatic carbocycles. The van der Waals surface area contributed by atoms with Crippen molar-refractivity contribution in [3.63, 3.8) is 0 Å². The zero-order valence-electron chi connectivity index (χ0n) is 17.2. The van der Waals surface area contributed by atoms with E-state index in [2.05, 4.69) is 19.2 Å². The molecule has 2 rings (SSSR count). The molecule has 144 valence electrons. The van der Waals surface area contributed by atoms with Crippen LogP contribution in [-0.4, -0.2) is 18.4 Å². The standard InChI is InChI=1S/C23H30N2O2/c1-15(2)20-9-7-8-18(5)23(20)24-22(27)12-13-25(19(6)26)21-14-16(3)10-11-17(21)4/h7-11,14-15H,12-13H2,1-6H3,(H,24,27). The Labute approximate surface area is 162 Å². The van der Waals surface area contributed by atoms with Crippen LogP contribution in [0.2, 0.25) is 0 Å². The van der Waals surface area contributed by atoms with E-state index in [1.165, 1.54) is 6.92 Å². The molecule has 0 aliphatic heterocycles. The van der Waals surface area contributed by atoms with Crippen molar-refractivity contribution in [1.82, 2.24) is 0 Å². The first kappa shape index (κ1) is 20.7. The highest BCUT2D eigenvalue weighted by Crippen LogP contribution is 2.28. The smallest absolute Gasteiger partial charge is 0.226 e. The average molecular weight is 367 g/mol. The molecule has 2 aromatic rings. The fourth-order valence-corrected chi connectivity index (χ4v) is 3.22. The van der Waals surface area contributed by atoms with Crippen molar-refractivity contribution in [3.8, 4) is 0 Å². The minimum Gasteiger partial charge on any atom is -0.326 e. The summed E-state index contributed by atoms with van der Waals surface area (Å²) in [4.78, 5) is 26.5. The summed E-state index contributed by atoms with van der Waals surface area (Å²) in [6.07, 6.45) is 0.249. The van der Waals surface area contributed by atoms with Gasteiger partial charge in [0.2, 0.25) is 11.8 Å². The van der Waals surface area contributed by atoms with Gasteiger partial charge in [-0.25, -0.2) is 0 Å². The molecule has 2 amide bonds. The number of benzene rings is 2. The molecule has 0 aliphatic rings. The molecule has 0 aromatic heterocycles. The Morgan fingerprint density at radius 1 is 1.04 bits per heavy atom. The first-order valence-corrected chi connectivity index (χ1v) is 9.45. The number of hydrogen-bond acceptors (Lipinski definition) is 2. The molecular weight excluding hydrogens is 336 g/mol. The largest absolute Gasteiger partial charge is 0.326 e. The maximum absolute atomic E-state index is 12.6. The summed E-state index contributed by atoms with van der Waals surface area (Å²) in [5.41, 5.74) is 6.05. The molecule has 0 radical (unpaired) electrons. The zero-order chi connectivity index (χ0) is 20.1. The predicted octanol–water partition coefficient (Wildman–Crippen LogP) is 5.12. The summed E-state index contributed by atoms with van der Waals surface area (Å²) >= 11 is 0. The SMILES string of the molecule is CC(=O)N(CCC(=O)Nc1c(C)cccc1C(C)C)c1cc(C)ccc1C. The Morgan fingerprint density at radius 3 is 2.37 bits per heavy atom. The zero-order valence-corrected chi connectivity index (χ0v) is 17.2. The first-order valence-electron chi connectivity index (χ1n) is 9.45. The van der Waals surface area contributed by atoms with Gasteiger partial charge in [0, 0.05) is 31.3 Å². The van der Waals surface area contributed by atoms with E-state index in [-0.39, 0.29) is 18.2 Å². The first-order chi connectivity index (χ1) is 12.7. The molecule has 0 aliphatic carbocycles. The number of carbonyl (C=O) groups excluding carboxylic acids is 2. The topological polar surface area (TPSA) is 49.4 Å². The van der Waals surface area contributed by atoms with Crippen molar-refractivity contribution in [2.45, 2.75) is 53.9 Å². The number of anilines is 2. The summed E-state index contributed by atoms with van der Waals surface area (Å²) in [6, 6.07) is 12.1. The highest BCUT2D eigenvalue weighted by Gasteiger charge is 2.17. The van der Waals surface area contributed by atoms with Crippen LogP contribution in [0.1, 0.15) is 55.4 Å². The Hall–Kier alpha value is -2.62. The van der Waals surface area contributed by atoms with E-state index >= 15 is 0 Å². The van der Waals surface area contributed by atoms with Gasteiger partial charge in [0.25, 0.3) is 0 Å². The Balaban J connectivity index is 2.14. The van der Waals surface area contributed by atoms with Crippen molar-refractivity contribution in [2.24, 2.45) is 0 Å². The maximum Gasteiger partial charge on any atom is 0.226 e. The lowest BCUT2D eigenvalue weighted by Gasteiger charge is -2.24. The van der Waals surface area contributed by atoms with Gasteiger partial charge < -0.3 is 10.2 Å². The lowest BCUT2D eigenvalue weighted by Crippen LogP contribution is -2.32. The molecule has 4 nitrogen and oxygen atoms in total. The van der Waals surface area contributed by atoms with Crippen LogP contribution in [-0.2, 0) is 9.59 Å². The van der Waals surface area contributed by atoms with Crippen LogP contribution in [0, 0.1) is 20.8 Å². The molecule has 0 heterocycles. The van der Waals surface area contributed by atoms with Crippen LogP contribution < -0.4 is 10.2 Å². The van der Waals surface area contributed by atoms with Gasteiger partial charge in [0.1, 0.15) is 0 Å². The highest BCUT2D eigenvalue weighted by atomic mass is 16.2. The van der Waals surface area contributed by atoms with E-state index in [9.17, 15) is 9.59 Å². The second-order valence-electron chi connectivity index (χ2n) is 7.45. The highest BCUT2D eigenvalue weighted by molar-refractivity contribution is 5.96. The van der Waals surface area contributed by atoms with Crippen molar-refractivity contribution in [3.05, 3.63) is 58.7 Å². The van der Waals surface area contributed by atoms with E-state index in [1.807, 2.05) is 57.2 Å². The summed E-state index contributed by atoms with van der Waals surface area (Å²) in [5, 5.41) is 3.05. The summed E-state index contributed by atoms with van der Waals surface area (Å²) in [7, 11) is 0. The van der Waals surface area contributed by atoms with E-state index in [1.54, 1.807) is 4.90 Å². The van der Waals surface area contributed by atoms with E-state index in [0.717, 1.165) is 33.6 Å². The van der Waals surface area contributed by atoms with Gasteiger partial charge >= 0.3 is 0 Å². The lowest BCUT2D eigenvalue weighted by molar-refractivity contribution is -0.117. The molecule has 0 saturated heterocycles. The molecule has 1 N–H and O–H groups in total. The van der Waals surface area contributed by atoms with Crippen molar-refractivity contribution in [2.75, 3.05) is 16.8 Å². The van der Waals surface area contributed by atoms with E-state index < -0.39 is 0 Å². The molecule has 4 heteroatoms. The quantitative estimate of drug-likeness (QED) is 0.771. The van der Waals surface area contributed by atoms with Gasteiger partial charge in [-0.2, -0.15) is 0 Å². The normalized spacial score (nSPS) is 10.8. The van der Waals surface area contributed by atoms with E-state index in [4.69, 9.17) is 0 Å². The van der Waals surface area contributed by atoms with Crippen molar-refractivity contribution < 1.29 is 9.59 Å². The second kappa shape index (κ2) is 8.85. The third-order valence-corrected chi connectivity index (χ3v) is 4.79. The molecule has 0 unspecified atom stereocenters. The van der Waals surface area contributed by atoms with Crippen LogP contribution in [0.15, 0.2) is 36.4 Å². The Bertz CT molecular complexity index is 840. The molecule has 0 saturated carbocycles. The minimum atomic E-state index is -0.0808. The molecular formula is C23H30N2O2. The minimum absolute atomic E-state index is 0.0599. The van der Waals surface area contributed by atoms with Gasteiger partial charge in [0.05, 0.1) is 0 Å². The third kappa shape index (κ3) is 5.19. The second-order valence-corrected chi connectivity index (χ2v) is 7.45. The number of rotatable bonds is 6. The number of carbonyl (C=O) groups is 2. The lowest BCUT2D eigenvalue weighted by atomic mass is 9.98. The van der Waals surface area contributed by atoms with Gasteiger partial charge in [0.15, 0.2) is 0 Å². The van der Waals surface area contributed by atoms with Crippen molar-refractivity contribution in [1.29, 1.82) is 0 Å². The van der Waals surface area contributed by atoms with Gasteiger partial charge in [-0.1, -0.05) is 44.2 Å². The number of para-hydroxylation sites is 1. The third-order valence-electron chi connectivity index (χ3n) is 4.79.